The van der Waals surface area contributed by atoms with Crippen molar-refractivity contribution in [2.75, 3.05) is 29.9 Å². The van der Waals surface area contributed by atoms with Gasteiger partial charge in [-0.15, -0.1) is 22.7 Å². The van der Waals surface area contributed by atoms with Crippen LogP contribution in [-0.4, -0.2) is 60.9 Å². The van der Waals surface area contributed by atoms with Gasteiger partial charge in [0.05, 0.1) is 32.4 Å². The van der Waals surface area contributed by atoms with Gasteiger partial charge in [-0.05, 0) is 50.7 Å². The van der Waals surface area contributed by atoms with Crippen molar-refractivity contribution >= 4 is 45.5 Å². The predicted molar refractivity (Wildman–Crippen MR) is 149 cm³/mol. The largest absolute Gasteiger partial charge is 0.337 e. The van der Waals surface area contributed by atoms with Gasteiger partial charge in [-0.1, -0.05) is 0 Å². The van der Waals surface area contributed by atoms with Crippen molar-refractivity contribution in [2.45, 2.75) is 45.3 Å². The maximum atomic E-state index is 13.7. The van der Waals surface area contributed by atoms with Crippen molar-refractivity contribution in [3.05, 3.63) is 57.9 Å². The number of alkyl halides is 1. The van der Waals surface area contributed by atoms with E-state index >= 15 is 0 Å². The maximum absolute atomic E-state index is 13.7. The molecule has 4 aromatic heterocycles. The van der Waals surface area contributed by atoms with E-state index in [2.05, 4.69) is 35.1 Å². The fourth-order valence-electron chi connectivity index (χ4n) is 5.94. The van der Waals surface area contributed by atoms with E-state index < -0.39 is 6.67 Å². The van der Waals surface area contributed by atoms with E-state index in [-0.39, 0.29) is 16.9 Å². The fourth-order valence-corrected chi connectivity index (χ4v) is 7.60. The normalized spacial score (nSPS) is 21.0. The molecule has 1 aliphatic heterocycles. The highest BCUT2D eigenvalue weighted by Gasteiger charge is 2.78. The van der Waals surface area contributed by atoms with Gasteiger partial charge in [0.25, 0.3) is 5.91 Å². The maximum Gasteiger partial charge on any atom is 0.256 e. The third-order valence-electron chi connectivity index (χ3n) is 8.17. The van der Waals surface area contributed by atoms with Crippen molar-refractivity contribution in [3.8, 4) is 10.6 Å². The molecule has 12 heteroatoms. The minimum Gasteiger partial charge on any atom is -0.337 e. The Morgan fingerprint density at radius 1 is 1.10 bits per heavy atom. The summed E-state index contributed by atoms with van der Waals surface area (Å²) in [5.74, 6) is 1.26. The van der Waals surface area contributed by atoms with Gasteiger partial charge in [0.2, 0.25) is 5.95 Å². The van der Waals surface area contributed by atoms with Gasteiger partial charge in [-0.25, -0.2) is 29.3 Å². The number of piperazine rings is 1. The number of nitrogens with zero attached hydrogens (tertiary/aromatic N) is 7. The van der Waals surface area contributed by atoms with Crippen molar-refractivity contribution in [2.24, 2.45) is 5.41 Å². The number of hydrogen-bond donors (Lipinski definition) is 1. The Kier molecular flexibility index (Phi) is 5.67. The summed E-state index contributed by atoms with van der Waals surface area (Å²) in [4.78, 5) is 41.5. The molecule has 1 unspecified atom stereocenters. The number of anilines is 3. The number of nitrogens with one attached hydrogen (secondary N) is 1. The van der Waals surface area contributed by atoms with Gasteiger partial charge in [-0.3, -0.25) is 4.79 Å². The SMILES string of the molecule is Cc1nc(C)c(-c2csc(Nc3ccc(C(=O)N4CCN(c5ncc(CF)cn5)CC45CC54CC4)cn3)n2)s1. The van der Waals surface area contributed by atoms with Gasteiger partial charge in [0, 0.05) is 49.2 Å². The molecule has 2 spiro atoms. The number of halogens is 1. The summed E-state index contributed by atoms with van der Waals surface area (Å²) in [5.41, 5.74) is 2.95. The fraction of sp³-hybridized carbons (Fsp3) is 0.407. The second-order valence-electron chi connectivity index (χ2n) is 10.6. The van der Waals surface area contributed by atoms with E-state index in [1.807, 2.05) is 31.4 Å². The van der Waals surface area contributed by atoms with Gasteiger partial charge >= 0.3 is 0 Å². The monoisotopic (exact) mass is 562 g/mol. The van der Waals surface area contributed by atoms with Gasteiger partial charge in [0.15, 0.2) is 5.13 Å². The number of fused-ring (bicyclic) bond motifs is 1. The molecule has 0 bridgehead atoms. The van der Waals surface area contributed by atoms with Crippen LogP contribution in [0.5, 0.6) is 0 Å². The zero-order valence-electron chi connectivity index (χ0n) is 21.6. The van der Waals surface area contributed by atoms with Crippen molar-refractivity contribution in [1.82, 2.24) is 29.8 Å². The van der Waals surface area contributed by atoms with Crippen LogP contribution >= 0.6 is 22.7 Å². The number of carbonyl (C=O) groups excluding carboxylic acids is 1. The summed E-state index contributed by atoms with van der Waals surface area (Å²) >= 11 is 3.15. The van der Waals surface area contributed by atoms with Crippen LogP contribution in [0.1, 0.15) is 45.9 Å². The Morgan fingerprint density at radius 2 is 1.92 bits per heavy atom. The number of hydrogen-bond acceptors (Lipinski definition) is 10. The molecule has 7 rings (SSSR count). The van der Waals surface area contributed by atoms with Crippen molar-refractivity contribution in [1.29, 1.82) is 0 Å². The molecule has 0 aromatic carbocycles. The molecule has 2 aliphatic carbocycles. The van der Waals surface area contributed by atoms with Gasteiger partial charge < -0.3 is 15.1 Å². The third-order valence-corrected chi connectivity index (χ3v) is 10.0. The van der Waals surface area contributed by atoms with E-state index in [1.54, 1.807) is 29.9 Å². The van der Waals surface area contributed by atoms with Crippen LogP contribution in [0, 0.1) is 19.3 Å². The number of aromatic nitrogens is 5. The summed E-state index contributed by atoms with van der Waals surface area (Å²) in [6.07, 6.45) is 8.02. The number of carbonyl (C=O) groups is 1. The standard InChI is InChI=1S/C27H27FN8OS2/c1-16-22(39-17(2)32-16)20-13-38-25(33-20)34-21-4-3-19(12-29-21)23(37)36-8-7-35(15-27(36)14-26(27)5-6-26)24-30-10-18(9-28)11-31-24/h3-4,10-13H,5-9,14-15H2,1-2H3,(H,29,33,34). The molecule has 1 N–H and O–H groups in total. The van der Waals surface area contributed by atoms with Gasteiger partial charge in [-0.2, -0.15) is 0 Å². The number of aryl methyl sites for hydroxylation is 2. The Labute approximate surface area is 233 Å². The minimum absolute atomic E-state index is 0.0127. The highest BCUT2D eigenvalue weighted by Crippen LogP contribution is 2.76. The van der Waals surface area contributed by atoms with E-state index in [1.165, 1.54) is 11.3 Å². The molecule has 0 radical (unpaired) electrons. The summed E-state index contributed by atoms with van der Waals surface area (Å²) in [6.45, 7) is 5.35. The molecule has 1 atom stereocenters. The second kappa shape index (κ2) is 9.02. The Bertz CT molecular complexity index is 1550. The van der Waals surface area contributed by atoms with Gasteiger partial charge in [0.1, 0.15) is 12.5 Å². The van der Waals surface area contributed by atoms with Crippen LogP contribution in [0.2, 0.25) is 0 Å². The summed E-state index contributed by atoms with van der Waals surface area (Å²) in [7, 11) is 0. The molecule has 1 saturated heterocycles. The number of thiazole rings is 2. The lowest BCUT2D eigenvalue weighted by Gasteiger charge is -2.43. The highest BCUT2D eigenvalue weighted by molar-refractivity contribution is 7.16. The third kappa shape index (κ3) is 4.17. The van der Waals surface area contributed by atoms with E-state index in [9.17, 15) is 9.18 Å². The molecule has 3 fully saturated rings. The molecular formula is C27H27FN8OS2. The molecule has 39 heavy (non-hydrogen) atoms. The molecular weight excluding hydrogens is 535 g/mol. The topological polar surface area (TPSA) is 100 Å². The van der Waals surface area contributed by atoms with Crippen LogP contribution in [0.4, 0.5) is 21.3 Å². The minimum atomic E-state index is -0.574. The number of rotatable bonds is 6. The number of pyridine rings is 1. The first kappa shape index (κ1) is 24.5. The lowest BCUT2D eigenvalue weighted by atomic mass is 10.0. The summed E-state index contributed by atoms with van der Waals surface area (Å²) in [5, 5.41) is 7.04. The first-order chi connectivity index (χ1) is 18.9. The smallest absolute Gasteiger partial charge is 0.256 e. The zero-order valence-corrected chi connectivity index (χ0v) is 23.3. The van der Waals surface area contributed by atoms with Crippen LogP contribution in [-0.2, 0) is 6.67 Å². The molecule has 4 aromatic rings. The Balaban J connectivity index is 1.05. The highest BCUT2D eigenvalue weighted by atomic mass is 32.1. The molecule has 9 nitrogen and oxygen atoms in total. The summed E-state index contributed by atoms with van der Waals surface area (Å²) < 4.78 is 12.9. The van der Waals surface area contributed by atoms with Crippen LogP contribution in [0.25, 0.3) is 10.6 Å². The average Bonchev–Trinajstić information content (AvgIpc) is 3.73. The van der Waals surface area contributed by atoms with E-state index in [0.29, 0.717) is 42.5 Å². The van der Waals surface area contributed by atoms with Crippen LogP contribution < -0.4 is 10.2 Å². The first-order valence-electron chi connectivity index (χ1n) is 13.0. The second-order valence-corrected chi connectivity index (χ2v) is 12.7. The summed E-state index contributed by atoms with van der Waals surface area (Å²) in [6, 6.07) is 3.67. The molecule has 1 amide bonds. The number of amides is 1. The average molecular weight is 563 g/mol. The molecule has 200 valence electrons. The van der Waals surface area contributed by atoms with Crippen LogP contribution in [0.15, 0.2) is 36.1 Å². The lowest BCUT2D eigenvalue weighted by Crippen LogP contribution is -2.58. The Hall–Kier alpha value is -3.51. The molecule has 2 saturated carbocycles. The van der Waals surface area contributed by atoms with Crippen molar-refractivity contribution in [3.63, 3.8) is 0 Å². The molecule has 3 aliphatic rings. The van der Waals surface area contributed by atoms with Crippen molar-refractivity contribution < 1.29 is 9.18 Å². The van der Waals surface area contributed by atoms with E-state index in [0.717, 1.165) is 45.7 Å². The quantitative estimate of drug-likeness (QED) is 0.344. The molecule has 5 heterocycles. The van der Waals surface area contributed by atoms with E-state index in [4.69, 9.17) is 4.98 Å². The lowest BCUT2D eigenvalue weighted by molar-refractivity contribution is 0.0591. The Morgan fingerprint density at radius 3 is 2.56 bits per heavy atom. The first-order valence-corrected chi connectivity index (χ1v) is 14.7. The predicted octanol–water partition coefficient (Wildman–Crippen LogP) is 5.17. The van der Waals surface area contributed by atoms with Crippen LogP contribution in [0.3, 0.4) is 0 Å². The zero-order chi connectivity index (χ0) is 26.8.